The van der Waals surface area contributed by atoms with Gasteiger partial charge in [-0.05, 0) is 68.9 Å². The summed E-state index contributed by atoms with van der Waals surface area (Å²) in [6, 6.07) is 22.8. The number of anilines is 1. The Kier molecular flexibility index (Phi) is 8.69. The SMILES string of the molecule is Cc1ccccc1OP(=S)(Nc1c(C(C)(C)C)cc(C(C)(C)C)cc1C(C)(C)C)OCc1ccccc1. The van der Waals surface area contributed by atoms with E-state index in [1.165, 1.54) is 16.7 Å². The van der Waals surface area contributed by atoms with E-state index < -0.39 is 6.64 Å². The molecule has 5 heteroatoms. The van der Waals surface area contributed by atoms with Gasteiger partial charge in [-0.25, -0.2) is 0 Å². The highest BCUT2D eigenvalue weighted by molar-refractivity contribution is 8.10. The predicted molar refractivity (Wildman–Crippen MR) is 163 cm³/mol. The lowest BCUT2D eigenvalue weighted by Crippen LogP contribution is -2.24. The minimum absolute atomic E-state index is 0.0141. The first-order chi connectivity index (χ1) is 17.0. The van der Waals surface area contributed by atoms with Gasteiger partial charge in [0.1, 0.15) is 5.75 Å². The molecule has 0 aromatic heterocycles. The third-order valence-electron chi connectivity index (χ3n) is 6.43. The van der Waals surface area contributed by atoms with Gasteiger partial charge in [0.15, 0.2) is 0 Å². The largest absolute Gasteiger partial charge is 0.429 e. The molecule has 1 N–H and O–H groups in total. The highest BCUT2D eigenvalue weighted by Gasteiger charge is 2.33. The van der Waals surface area contributed by atoms with Crippen LogP contribution in [0.2, 0.25) is 0 Å². The minimum atomic E-state index is -3.02. The number of hydrogen-bond donors (Lipinski definition) is 1. The topological polar surface area (TPSA) is 30.5 Å². The van der Waals surface area contributed by atoms with Crippen molar-refractivity contribution in [2.24, 2.45) is 0 Å². The van der Waals surface area contributed by atoms with Crippen LogP contribution in [0.1, 0.15) is 90.1 Å². The number of aryl methyl sites for hydroxylation is 1. The van der Waals surface area contributed by atoms with Crippen LogP contribution in [0, 0.1) is 6.92 Å². The zero-order valence-corrected chi connectivity index (χ0v) is 25.9. The van der Waals surface area contributed by atoms with Gasteiger partial charge in [0.05, 0.1) is 6.61 Å². The Balaban J connectivity index is 2.19. The van der Waals surface area contributed by atoms with Gasteiger partial charge in [0.25, 0.3) is 0 Å². The smallest absolute Gasteiger partial charge is 0.339 e. The van der Waals surface area contributed by atoms with E-state index in [2.05, 4.69) is 79.5 Å². The van der Waals surface area contributed by atoms with E-state index in [0.717, 1.165) is 22.6 Å². The Labute approximate surface area is 230 Å². The Morgan fingerprint density at radius 3 is 1.73 bits per heavy atom. The maximum atomic E-state index is 6.58. The second kappa shape index (κ2) is 10.9. The van der Waals surface area contributed by atoms with Crippen molar-refractivity contribution in [2.45, 2.75) is 92.1 Å². The van der Waals surface area contributed by atoms with E-state index in [0.29, 0.717) is 6.61 Å². The van der Waals surface area contributed by atoms with Crippen LogP contribution in [0.5, 0.6) is 5.75 Å². The van der Waals surface area contributed by atoms with Gasteiger partial charge in [-0.3, -0.25) is 4.52 Å². The van der Waals surface area contributed by atoms with Crippen LogP contribution in [-0.4, -0.2) is 0 Å². The van der Waals surface area contributed by atoms with E-state index in [-0.39, 0.29) is 16.2 Å². The molecule has 1 unspecified atom stereocenters. The van der Waals surface area contributed by atoms with E-state index in [1.54, 1.807) is 0 Å². The number of para-hydroxylation sites is 1. The number of nitrogens with one attached hydrogen (secondary N) is 1. The maximum absolute atomic E-state index is 6.58. The van der Waals surface area contributed by atoms with Crippen LogP contribution < -0.4 is 9.61 Å². The Morgan fingerprint density at radius 2 is 1.24 bits per heavy atom. The fraction of sp³-hybridized carbons (Fsp3) is 0.438. The third-order valence-corrected chi connectivity index (χ3v) is 8.64. The molecule has 0 amide bonds. The van der Waals surface area contributed by atoms with E-state index in [9.17, 15) is 0 Å². The van der Waals surface area contributed by atoms with Gasteiger partial charge >= 0.3 is 6.64 Å². The maximum Gasteiger partial charge on any atom is 0.339 e. The van der Waals surface area contributed by atoms with Gasteiger partial charge in [0, 0.05) is 5.69 Å². The van der Waals surface area contributed by atoms with Gasteiger partial charge in [-0.2, -0.15) is 0 Å². The van der Waals surface area contributed by atoms with Crippen molar-refractivity contribution in [3.8, 4) is 5.75 Å². The molecule has 1 atom stereocenters. The molecule has 0 saturated carbocycles. The molecule has 0 heterocycles. The molecule has 3 nitrogen and oxygen atoms in total. The molecule has 200 valence electrons. The molecule has 0 fully saturated rings. The van der Waals surface area contributed by atoms with Crippen LogP contribution >= 0.6 is 6.64 Å². The monoisotopic (exact) mass is 537 g/mol. The first-order valence-corrected chi connectivity index (χ1v) is 15.6. The van der Waals surface area contributed by atoms with Gasteiger partial charge in [0.2, 0.25) is 0 Å². The van der Waals surface area contributed by atoms with Crippen molar-refractivity contribution in [3.05, 3.63) is 94.5 Å². The molecule has 3 aromatic rings. The first-order valence-electron chi connectivity index (χ1n) is 13.0. The quantitative estimate of drug-likeness (QED) is 0.304. The van der Waals surface area contributed by atoms with Crippen LogP contribution in [-0.2, 0) is 39.2 Å². The lowest BCUT2D eigenvalue weighted by Gasteiger charge is -2.36. The summed E-state index contributed by atoms with van der Waals surface area (Å²) in [6.07, 6.45) is 0. The Morgan fingerprint density at radius 1 is 0.730 bits per heavy atom. The Hall–Kier alpha value is -2.13. The number of hydrogen-bond acceptors (Lipinski definition) is 3. The molecule has 0 bridgehead atoms. The molecular weight excluding hydrogens is 493 g/mol. The van der Waals surface area contributed by atoms with Crippen molar-refractivity contribution < 1.29 is 9.05 Å². The molecule has 0 spiro atoms. The zero-order valence-electron chi connectivity index (χ0n) is 24.2. The van der Waals surface area contributed by atoms with Gasteiger partial charge < -0.3 is 9.61 Å². The average Bonchev–Trinajstić information content (AvgIpc) is 2.78. The van der Waals surface area contributed by atoms with Crippen LogP contribution in [0.15, 0.2) is 66.7 Å². The molecule has 0 aliphatic heterocycles. The molecule has 0 radical (unpaired) electrons. The van der Waals surface area contributed by atoms with Crippen LogP contribution in [0.25, 0.3) is 0 Å². The van der Waals surface area contributed by atoms with Crippen molar-refractivity contribution in [1.82, 2.24) is 0 Å². The molecular formula is C32H44NO2PS. The summed E-state index contributed by atoms with van der Waals surface area (Å²) in [6.45, 7) is 19.7. The molecule has 3 aromatic carbocycles. The van der Waals surface area contributed by atoms with E-state index >= 15 is 0 Å². The van der Waals surface area contributed by atoms with Crippen molar-refractivity contribution in [2.75, 3.05) is 5.09 Å². The van der Waals surface area contributed by atoms with E-state index in [1.807, 2.05) is 61.5 Å². The van der Waals surface area contributed by atoms with Crippen molar-refractivity contribution >= 4 is 24.1 Å². The van der Waals surface area contributed by atoms with Crippen LogP contribution in [0.3, 0.4) is 0 Å². The molecule has 0 aliphatic rings. The lowest BCUT2D eigenvalue weighted by molar-refractivity contribution is 0.304. The van der Waals surface area contributed by atoms with Gasteiger partial charge in [-0.1, -0.05) is 123 Å². The summed E-state index contributed by atoms with van der Waals surface area (Å²) in [7, 11) is 0. The van der Waals surface area contributed by atoms with Crippen LogP contribution in [0.4, 0.5) is 5.69 Å². The summed E-state index contributed by atoms with van der Waals surface area (Å²) in [5.41, 5.74) is 6.63. The molecule has 0 aliphatic carbocycles. The fourth-order valence-electron chi connectivity index (χ4n) is 4.12. The predicted octanol–water partition coefficient (Wildman–Crippen LogP) is 9.82. The standard InChI is InChI=1S/C32H44NO2PS/c1-23-16-14-15-19-28(23)35-36(37,34-22-24-17-12-11-13-18-24)33-29-26(31(5,6)7)20-25(30(2,3)4)21-27(29)32(8,9)10/h11-21H,22H2,1-10H3,(H,33,37). The highest BCUT2D eigenvalue weighted by atomic mass is 32.5. The Bertz CT molecular complexity index is 1230. The first kappa shape index (κ1) is 29.4. The molecule has 37 heavy (non-hydrogen) atoms. The van der Waals surface area contributed by atoms with Crippen molar-refractivity contribution in [3.63, 3.8) is 0 Å². The highest BCUT2D eigenvalue weighted by Crippen LogP contribution is 2.53. The number of benzene rings is 3. The van der Waals surface area contributed by atoms with E-state index in [4.69, 9.17) is 20.9 Å². The fourth-order valence-corrected chi connectivity index (χ4v) is 6.25. The summed E-state index contributed by atoms with van der Waals surface area (Å²) >= 11 is 6.25. The average molecular weight is 538 g/mol. The minimum Gasteiger partial charge on any atom is -0.429 e. The zero-order chi connectivity index (χ0) is 27.6. The number of rotatable bonds is 7. The van der Waals surface area contributed by atoms with Gasteiger partial charge in [-0.15, -0.1) is 0 Å². The second-order valence-corrected chi connectivity index (χ2v) is 16.0. The normalized spacial score (nSPS) is 14.2. The summed E-state index contributed by atoms with van der Waals surface area (Å²) in [5, 5.41) is 3.71. The molecule has 0 saturated heterocycles. The third kappa shape index (κ3) is 7.69. The summed E-state index contributed by atoms with van der Waals surface area (Å²) in [4.78, 5) is 0. The second-order valence-electron chi connectivity index (χ2n) is 12.9. The van der Waals surface area contributed by atoms with Crippen molar-refractivity contribution in [1.29, 1.82) is 0 Å². The summed E-state index contributed by atoms with van der Waals surface area (Å²) in [5.74, 6) is 0.743. The lowest BCUT2D eigenvalue weighted by atomic mass is 9.74. The molecule has 3 rings (SSSR count). The summed E-state index contributed by atoms with van der Waals surface area (Å²) < 4.78 is 13.1.